The Morgan fingerprint density at radius 2 is 1.57 bits per heavy atom. The second-order valence-electron chi connectivity index (χ2n) is 4.61. The normalized spacial score (nSPS) is 10.2. The predicted octanol–water partition coefficient (Wildman–Crippen LogP) is 3.48. The third-order valence-corrected chi connectivity index (χ3v) is 4.47. The molecule has 0 aliphatic heterocycles. The molecule has 0 heterocycles. The van der Waals surface area contributed by atoms with Crippen molar-refractivity contribution in [2.24, 2.45) is 0 Å². The number of hydrogen-bond donors (Lipinski definition) is 2. The summed E-state index contributed by atoms with van der Waals surface area (Å²) < 4.78 is 0. The van der Waals surface area contributed by atoms with Crippen LogP contribution in [-0.2, 0) is 16.0 Å². The minimum absolute atomic E-state index is 0.101. The van der Waals surface area contributed by atoms with E-state index in [0.29, 0.717) is 15.6 Å². The van der Waals surface area contributed by atoms with E-state index in [-0.39, 0.29) is 24.0 Å². The number of hydrogen-bond acceptors (Lipinski definition) is 3. The van der Waals surface area contributed by atoms with Crippen molar-refractivity contribution < 1.29 is 9.59 Å². The Kier molecular flexibility index (Phi) is 6.77. The van der Waals surface area contributed by atoms with Crippen molar-refractivity contribution in [1.82, 2.24) is 10.9 Å². The molecule has 0 saturated carbocycles. The third-order valence-electron chi connectivity index (χ3n) is 2.83. The number of benzene rings is 2. The van der Waals surface area contributed by atoms with Crippen molar-refractivity contribution in [3.63, 3.8) is 0 Å². The van der Waals surface area contributed by atoms with E-state index in [9.17, 15) is 9.59 Å². The Morgan fingerprint density at radius 3 is 2.26 bits per heavy atom. The standard InChI is InChI=1S/C16H14Cl2N2O2S/c17-12-5-7-13(8-6-12)23-10-16(22)20-19-15(21)9-11-3-1-2-4-14(11)18/h1-8H,9-10H2,(H,19,21)(H,20,22). The van der Waals surface area contributed by atoms with Crippen molar-refractivity contribution in [1.29, 1.82) is 0 Å². The summed E-state index contributed by atoms with van der Waals surface area (Å²) in [6, 6.07) is 14.2. The van der Waals surface area contributed by atoms with Gasteiger partial charge in [0.1, 0.15) is 0 Å². The quantitative estimate of drug-likeness (QED) is 0.627. The Bertz CT molecular complexity index is 693. The van der Waals surface area contributed by atoms with Gasteiger partial charge in [0.15, 0.2) is 0 Å². The van der Waals surface area contributed by atoms with Crippen LogP contribution >= 0.6 is 35.0 Å². The first-order chi connectivity index (χ1) is 11.0. The molecule has 2 aromatic carbocycles. The molecule has 0 aliphatic rings. The highest BCUT2D eigenvalue weighted by Crippen LogP contribution is 2.19. The maximum atomic E-state index is 11.8. The molecule has 0 aliphatic carbocycles. The summed E-state index contributed by atoms with van der Waals surface area (Å²) in [7, 11) is 0. The van der Waals surface area contributed by atoms with Gasteiger partial charge in [-0.05, 0) is 35.9 Å². The van der Waals surface area contributed by atoms with Gasteiger partial charge in [-0.3, -0.25) is 20.4 Å². The van der Waals surface area contributed by atoms with Crippen molar-refractivity contribution in [3.05, 3.63) is 64.1 Å². The molecular formula is C16H14Cl2N2O2S. The van der Waals surface area contributed by atoms with E-state index in [2.05, 4.69) is 10.9 Å². The number of amides is 2. The van der Waals surface area contributed by atoms with Crippen LogP contribution in [0.2, 0.25) is 10.0 Å². The molecule has 2 N–H and O–H groups in total. The molecule has 0 fully saturated rings. The summed E-state index contributed by atoms with van der Waals surface area (Å²) >= 11 is 13.1. The lowest BCUT2D eigenvalue weighted by atomic mass is 10.1. The zero-order valence-corrected chi connectivity index (χ0v) is 14.3. The first-order valence-electron chi connectivity index (χ1n) is 6.74. The van der Waals surface area contributed by atoms with Crippen LogP contribution in [-0.4, -0.2) is 17.6 Å². The van der Waals surface area contributed by atoms with Gasteiger partial charge in [-0.2, -0.15) is 0 Å². The van der Waals surface area contributed by atoms with Gasteiger partial charge >= 0.3 is 0 Å². The van der Waals surface area contributed by atoms with Gasteiger partial charge in [0.25, 0.3) is 0 Å². The fourth-order valence-electron chi connectivity index (χ4n) is 1.71. The highest BCUT2D eigenvalue weighted by Gasteiger charge is 2.08. The van der Waals surface area contributed by atoms with E-state index >= 15 is 0 Å². The molecule has 2 rings (SSSR count). The summed E-state index contributed by atoms with van der Waals surface area (Å²) in [6.07, 6.45) is 0.101. The van der Waals surface area contributed by atoms with E-state index in [0.717, 1.165) is 4.90 Å². The Hall–Kier alpha value is -1.69. The minimum atomic E-state index is -0.331. The lowest BCUT2D eigenvalue weighted by molar-refractivity contribution is -0.127. The topological polar surface area (TPSA) is 58.2 Å². The summed E-state index contributed by atoms with van der Waals surface area (Å²) in [4.78, 5) is 24.4. The van der Waals surface area contributed by atoms with Crippen LogP contribution in [0.5, 0.6) is 0 Å². The van der Waals surface area contributed by atoms with Crippen LogP contribution in [0.3, 0.4) is 0 Å². The molecule has 0 spiro atoms. The molecule has 2 aromatic rings. The van der Waals surface area contributed by atoms with E-state index < -0.39 is 0 Å². The molecule has 120 valence electrons. The van der Waals surface area contributed by atoms with E-state index in [1.165, 1.54) is 11.8 Å². The minimum Gasteiger partial charge on any atom is -0.273 e. The molecule has 7 heteroatoms. The second kappa shape index (κ2) is 8.82. The SMILES string of the molecule is O=C(CSc1ccc(Cl)cc1)NNC(=O)Cc1ccccc1Cl. The van der Waals surface area contributed by atoms with Crippen molar-refractivity contribution >= 4 is 46.8 Å². The summed E-state index contributed by atoms with van der Waals surface area (Å²) in [6.45, 7) is 0. The van der Waals surface area contributed by atoms with Gasteiger partial charge in [0.2, 0.25) is 11.8 Å². The summed E-state index contributed by atoms with van der Waals surface area (Å²) in [5.74, 6) is -0.436. The number of carbonyl (C=O) groups excluding carboxylic acids is 2. The molecule has 0 unspecified atom stereocenters. The highest BCUT2D eigenvalue weighted by atomic mass is 35.5. The number of rotatable bonds is 5. The van der Waals surface area contributed by atoms with Crippen LogP contribution in [0.25, 0.3) is 0 Å². The van der Waals surface area contributed by atoms with E-state index in [1.807, 2.05) is 12.1 Å². The molecule has 0 bridgehead atoms. The number of halogens is 2. The van der Waals surface area contributed by atoms with Gasteiger partial charge in [-0.25, -0.2) is 0 Å². The molecule has 0 aromatic heterocycles. The maximum Gasteiger partial charge on any atom is 0.248 e. The van der Waals surface area contributed by atoms with Crippen LogP contribution in [0, 0.1) is 0 Å². The molecule has 0 atom stereocenters. The maximum absolute atomic E-state index is 11.8. The number of nitrogens with one attached hydrogen (secondary N) is 2. The Balaban J connectivity index is 1.72. The van der Waals surface area contributed by atoms with Gasteiger partial charge in [0.05, 0.1) is 12.2 Å². The van der Waals surface area contributed by atoms with E-state index in [1.54, 1.807) is 36.4 Å². The zero-order chi connectivity index (χ0) is 16.7. The third kappa shape index (κ3) is 6.14. The van der Waals surface area contributed by atoms with Gasteiger partial charge in [-0.1, -0.05) is 41.4 Å². The van der Waals surface area contributed by atoms with Gasteiger partial charge in [-0.15, -0.1) is 11.8 Å². The first-order valence-corrected chi connectivity index (χ1v) is 8.48. The zero-order valence-electron chi connectivity index (χ0n) is 12.0. The molecular weight excluding hydrogens is 355 g/mol. The van der Waals surface area contributed by atoms with Gasteiger partial charge in [0, 0.05) is 14.9 Å². The lowest BCUT2D eigenvalue weighted by Crippen LogP contribution is -2.43. The van der Waals surface area contributed by atoms with Crippen LogP contribution in [0.4, 0.5) is 0 Å². The monoisotopic (exact) mass is 368 g/mol. The van der Waals surface area contributed by atoms with Crippen molar-refractivity contribution in [2.75, 3.05) is 5.75 Å². The van der Waals surface area contributed by atoms with Crippen molar-refractivity contribution in [3.8, 4) is 0 Å². The predicted molar refractivity (Wildman–Crippen MR) is 93.6 cm³/mol. The number of hydrazine groups is 1. The Labute approximate surface area is 148 Å². The number of carbonyl (C=O) groups is 2. The first kappa shape index (κ1) is 17.7. The summed E-state index contributed by atoms with van der Waals surface area (Å²) in [5, 5.41) is 1.16. The Morgan fingerprint density at radius 1 is 0.913 bits per heavy atom. The second-order valence-corrected chi connectivity index (χ2v) is 6.50. The molecule has 23 heavy (non-hydrogen) atoms. The molecule has 0 saturated heterocycles. The average Bonchev–Trinajstić information content (AvgIpc) is 2.54. The largest absolute Gasteiger partial charge is 0.273 e. The molecule has 4 nitrogen and oxygen atoms in total. The summed E-state index contributed by atoms with van der Waals surface area (Å²) in [5.41, 5.74) is 5.45. The number of thioether (sulfide) groups is 1. The molecule has 2 amide bonds. The van der Waals surface area contributed by atoms with Crippen LogP contribution in [0.1, 0.15) is 5.56 Å². The molecule has 0 radical (unpaired) electrons. The van der Waals surface area contributed by atoms with Crippen LogP contribution in [0.15, 0.2) is 53.4 Å². The smallest absolute Gasteiger partial charge is 0.248 e. The van der Waals surface area contributed by atoms with E-state index in [4.69, 9.17) is 23.2 Å². The van der Waals surface area contributed by atoms with Crippen molar-refractivity contribution in [2.45, 2.75) is 11.3 Å². The van der Waals surface area contributed by atoms with Gasteiger partial charge < -0.3 is 0 Å². The highest BCUT2D eigenvalue weighted by molar-refractivity contribution is 8.00. The fourth-order valence-corrected chi connectivity index (χ4v) is 2.74. The van der Waals surface area contributed by atoms with Crippen LogP contribution < -0.4 is 10.9 Å². The average molecular weight is 369 g/mol. The fraction of sp³-hybridized carbons (Fsp3) is 0.125. The lowest BCUT2D eigenvalue weighted by Gasteiger charge is -2.08.